The summed E-state index contributed by atoms with van der Waals surface area (Å²) in [6.07, 6.45) is 3.82. The Morgan fingerprint density at radius 1 is 1.05 bits per heavy atom. The summed E-state index contributed by atoms with van der Waals surface area (Å²) in [4.78, 5) is 44.3. The molecule has 1 unspecified atom stereocenters. The highest BCUT2D eigenvalue weighted by atomic mass is 32.2. The highest BCUT2D eigenvalue weighted by Gasteiger charge is 2.35. The summed E-state index contributed by atoms with van der Waals surface area (Å²) in [5.41, 5.74) is 0.578. The van der Waals surface area contributed by atoms with Crippen LogP contribution in [-0.4, -0.2) is 50.4 Å². The summed E-state index contributed by atoms with van der Waals surface area (Å²) < 4.78 is 23.5. The quantitative estimate of drug-likeness (QED) is 0.223. The molecule has 2 amide bonds. The lowest BCUT2D eigenvalue weighted by Gasteiger charge is -2.32. The van der Waals surface area contributed by atoms with Gasteiger partial charge in [-0.25, -0.2) is 13.5 Å². The molecule has 0 aromatic heterocycles. The molecule has 0 radical (unpaired) electrons. The number of carbonyl (C=O) groups excluding carboxylic acids is 3. The maximum Gasteiger partial charge on any atom is 0.233 e. The lowest BCUT2D eigenvalue weighted by molar-refractivity contribution is -0.182. The van der Waals surface area contributed by atoms with Crippen molar-refractivity contribution in [1.29, 1.82) is 0 Å². The lowest BCUT2D eigenvalue weighted by atomic mass is 9.81. The van der Waals surface area contributed by atoms with Crippen LogP contribution in [0.4, 0.5) is 0 Å². The van der Waals surface area contributed by atoms with E-state index in [2.05, 4.69) is 5.32 Å². The standard InChI is InChI=1S/C28H38N2O6S/c1-6-7-13-23(18-30(20-31)36-19-21-11-9-8-10-12-21)27(33)29-26(28(2,3)4)25(32)22-14-16-24(17-15-22)37(5,34)35/h8-12,14-17,20,23,26H,6-7,13,18-19H2,1-5H3,(H,29,33)/t23-,26?/m1/s1. The Morgan fingerprint density at radius 2 is 1.68 bits per heavy atom. The van der Waals surface area contributed by atoms with Gasteiger partial charge in [0.05, 0.1) is 23.4 Å². The number of sulfone groups is 1. The second-order valence-electron chi connectivity index (χ2n) is 10.3. The molecule has 0 bridgehead atoms. The van der Waals surface area contributed by atoms with E-state index in [-0.39, 0.29) is 29.7 Å². The first-order valence-corrected chi connectivity index (χ1v) is 14.3. The molecule has 37 heavy (non-hydrogen) atoms. The highest BCUT2D eigenvalue weighted by Crippen LogP contribution is 2.25. The molecule has 2 aromatic rings. The van der Waals surface area contributed by atoms with Crippen LogP contribution in [0.15, 0.2) is 59.5 Å². The van der Waals surface area contributed by atoms with Crippen LogP contribution in [0.5, 0.6) is 0 Å². The van der Waals surface area contributed by atoms with Gasteiger partial charge >= 0.3 is 0 Å². The van der Waals surface area contributed by atoms with E-state index in [0.717, 1.165) is 29.7 Å². The van der Waals surface area contributed by atoms with Crippen molar-refractivity contribution in [2.45, 2.75) is 64.5 Å². The number of hydroxylamine groups is 2. The average Bonchev–Trinajstić information content (AvgIpc) is 2.86. The van der Waals surface area contributed by atoms with E-state index >= 15 is 0 Å². The number of hydrogen-bond acceptors (Lipinski definition) is 6. The molecule has 0 fully saturated rings. The number of benzene rings is 2. The van der Waals surface area contributed by atoms with Gasteiger partial charge < -0.3 is 5.32 Å². The van der Waals surface area contributed by atoms with E-state index in [4.69, 9.17) is 4.84 Å². The Kier molecular flexibility index (Phi) is 11.0. The van der Waals surface area contributed by atoms with Crippen molar-refractivity contribution in [3.05, 3.63) is 65.7 Å². The number of nitrogens with one attached hydrogen (secondary N) is 1. The second kappa shape index (κ2) is 13.5. The molecule has 0 heterocycles. The van der Waals surface area contributed by atoms with Crippen LogP contribution in [0, 0.1) is 11.3 Å². The predicted octanol–water partition coefficient (Wildman–Crippen LogP) is 4.20. The van der Waals surface area contributed by atoms with Gasteiger partial charge in [-0.15, -0.1) is 0 Å². The van der Waals surface area contributed by atoms with Gasteiger partial charge in [0, 0.05) is 11.8 Å². The molecular formula is C28H38N2O6S. The van der Waals surface area contributed by atoms with Crippen LogP contribution in [0.2, 0.25) is 0 Å². The molecule has 0 saturated carbocycles. The van der Waals surface area contributed by atoms with E-state index in [1.165, 1.54) is 24.3 Å². The largest absolute Gasteiger partial charge is 0.345 e. The number of amides is 2. The smallest absolute Gasteiger partial charge is 0.233 e. The molecule has 0 saturated heterocycles. The Morgan fingerprint density at radius 3 is 2.19 bits per heavy atom. The minimum Gasteiger partial charge on any atom is -0.345 e. The Hall–Kier alpha value is -3.04. The zero-order valence-corrected chi connectivity index (χ0v) is 23.1. The van der Waals surface area contributed by atoms with Crippen LogP contribution in [0.3, 0.4) is 0 Å². The van der Waals surface area contributed by atoms with Gasteiger partial charge in [-0.1, -0.05) is 83.0 Å². The van der Waals surface area contributed by atoms with Gasteiger partial charge in [-0.05, 0) is 29.5 Å². The normalized spacial score (nSPS) is 13.4. The van der Waals surface area contributed by atoms with Gasteiger partial charge in [-0.3, -0.25) is 19.2 Å². The number of rotatable bonds is 14. The Bertz CT molecular complexity index is 1140. The first-order chi connectivity index (χ1) is 17.4. The molecular weight excluding hydrogens is 492 g/mol. The van der Waals surface area contributed by atoms with Crippen molar-refractivity contribution < 1.29 is 27.6 Å². The fraction of sp³-hybridized carbons (Fsp3) is 0.464. The third-order valence-electron chi connectivity index (χ3n) is 6.02. The third kappa shape index (κ3) is 9.40. The molecule has 0 aliphatic carbocycles. The molecule has 202 valence electrons. The molecule has 9 heteroatoms. The fourth-order valence-electron chi connectivity index (χ4n) is 3.80. The van der Waals surface area contributed by atoms with Crippen molar-refractivity contribution in [3.8, 4) is 0 Å². The number of unbranched alkanes of at least 4 members (excludes halogenated alkanes) is 1. The van der Waals surface area contributed by atoms with Crippen LogP contribution < -0.4 is 5.32 Å². The molecule has 0 spiro atoms. The van der Waals surface area contributed by atoms with Crippen molar-refractivity contribution >= 4 is 27.9 Å². The van der Waals surface area contributed by atoms with Gasteiger partial charge in [-0.2, -0.15) is 0 Å². The maximum absolute atomic E-state index is 13.4. The van der Waals surface area contributed by atoms with Crippen LogP contribution in [0.1, 0.15) is 62.9 Å². The average molecular weight is 531 g/mol. The monoisotopic (exact) mass is 530 g/mol. The van der Waals surface area contributed by atoms with Crippen molar-refractivity contribution in [1.82, 2.24) is 10.4 Å². The van der Waals surface area contributed by atoms with Gasteiger partial charge in [0.2, 0.25) is 12.3 Å². The summed E-state index contributed by atoms with van der Waals surface area (Å²) in [6, 6.07) is 14.2. The summed E-state index contributed by atoms with van der Waals surface area (Å²) in [6.45, 7) is 7.80. The number of ketones is 1. The van der Waals surface area contributed by atoms with Crippen molar-refractivity contribution in [3.63, 3.8) is 0 Å². The predicted molar refractivity (Wildman–Crippen MR) is 142 cm³/mol. The summed E-state index contributed by atoms with van der Waals surface area (Å²) in [5, 5.41) is 4.04. The minimum absolute atomic E-state index is 0.0519. The fourth-order valence-corrected chi connectivity index (χ4v) is 4.43. The molecule has 0 aliphatic rings. The number of Topliss-reactive ketones (excluding diaryl/α,β-unsaturated/α-hetero) is 1. The van der Waals surface area contributed by atoms with Crippen molar-refractivity contribution in [2.24, 2.45) is 11.3 Å². The molecule has 2 aromatic carbocycles. The van der Waals surface area contributed by atoms with Gasteiger partial charge in [0.1, 0.15) is 6.61 Å². The number of nitrogens with zero attached hydrogens (tertiary/aromatic N) is 1. The number of carbonyl (C=O) groups is 3. The molecule has 2 rings (SSSR count). The van der Waals surface area contributed by atoms with Gasteiger partial charge in [0.15, 0.2) is 15.6 Å². The zero-order valence-electron chi connectivity index (χ0n) is 22.3. The Balaban J connectivity index is 2.19. The van der Waals surface area contributed by atoms with Crippen LogP contribution in [0.25, 0.3) is 0 Å². The van der Waals surface area contributed by atoms with E-state index in [9.17, 15) is 22.8 Å². The topological polar surface area (TPSA) is 110 Å². The summed E-state index contributed by atoms with van der Waals surface area (Å²) in [7, 11) is -3.40. The maximum atomic E-state index is 13.4. The number of hydrogen-bond donors (Lipinski definition) is 1. The SMILES string of the molecule is CCCC[C@H](CN(C=O)OCc1ccccc1)C(=O)NC(C(=O)c1ccc(S(C)(=O)=O)cc1)C(C)(C)C. The van der Waals surface area contributed by atoms with E-state index in [0.29, 0.717) is 18.4 Å². The molecule has 2 atom stereocenters. The highest BCUT2D eigenvalue weighted by molar-refractivity contribution is 7.90. The third-order valence-corrected chi connectivity index (χ3v) is 7.14. The van der Waals surface area contributed by atoms with Crippen LogP contribution in [-0.2, 0) is 30.9 Å². The molecule has 8 nitrogen and oxygen atoms in total. The summed E-state index contributed by atoms with van der Waals surface area (Å²) in [5.74, 6) is -1.24. The second-order valence-corrected chi connectivity index (χ2v) is 12.3. The van der Waals surface area contributed by atoms with E-state index in [1.807, 2.05) is 58.0 Å². The zero-order chi connectivity index (χ0) is 27.6. The molecule has 0 aliphatic heterocycles. The van der Waals surface area contributed by atoms with Crippen LogP contribution >= 0.6 is 0 Å². The minimum atomic E-state index is -3.40. The first-order valence-electron chi connectivity index (χ1n) is 12.4. The summed E-state index contributed by atoms with van der Waals surface area (Å²) >= 11 is 0. The van der Waals surface area contributed by atoms with Crippen molar-refractivity contribution in [2.75, 3.05) is 12.8 Å². The van der Waals surface area contributed by atoms with E-state index < -0.39 is 27.2 Å². The lowest BCUT2D eigenvalue weighted by Crippen LogP contribution is -2.52. The first kappa shape index (κ1) is 30.2. The van der Waals surface area contributed by atoms with Gasteiger partial charge in [0.25, 0.3) is 0 Å². The van der Waals surface area contributed by atoms with E-state index in [1.54, 1.807) is 0 Å². The Labute approximate surface area is 220 Å². The molecule has 1 N–H and O–H groups in total.